The van der Waals surface area contributed by atoms with Crippen LogP contribution in [-0.2, 0) is 11.2 Å². The number of nitrogens with one attached hydrogen (secondary N) is 1. The highest BCUT2D eigenvalue weighted by molar-refractivity contribution is 5.73. The highest BCUT2D eigenvalue weighted by Gasteiger charge is 2.20. The molecule has 0 fully saturated rings. The van der Waals surface area contributed by atoms with Gasteiger partial charge in [0.05, 0.1) is 12.1 Å². The van der Waals surface area contributed by atoms with E-state index in [-0.39, 0.29) is 11.9 Å². The normalized spacial score (nSPS) is 14.3. The molecule has 18 heavy (non-hydrogen) atoms. The number of aliphatic hydroxyl groups is 1. The number of nitrogens with zero attached hydrogens (tertiary/aromatic N) is 1. The van der Waals surface area contributed by atoms with Gasteiger partial charge in [-0.1, -0.05) is 30.3 Å². The lowest BCUT2D eigenvalue weighted by atomic mass is 10.0. The molecule has 2 atom stereocenters. The van der Waals surface area contributed by atoms with Crippen LogP contribution < -0.4 is 5.32 Å². The summed E-state index contributed by atoms with van der Waals surface area (Å²) in [4.78, 5) is 13.1. The van der Waals surface area contributed by atoms with Crippen molar-refractivity contribution in [1.82, 2.24) is 10.2 Å². The third kappa shape index (κ3) is 5.29. The van der Waals surface area contributed by atoms with Crippen LogP contribution in [0.5, 0.6) is 0 Å². The van der Waals surface area contributed by atoms with Gasteiger partial charge in [-0.05, 0) is 26.1 Å². The maximum atomic E-state index is 11.2. The number of benzene rings is 1. The predicted octanol–water partition coefficient (Wildman–Crippen LogP) is 0.656. The number of likely N-dealkylation sites (N-methyl/N-ethyl adjacent to an activating group) is 1. The molecule has 0 unspecified atom stereocenters. The molecule has 0 spiro atoms. The Kier molecular flexibility index (Phi) is 5.82. The highest BCUT2D eigenvalue weighted by Crippen LogP contribution is 2.07. The van der Waals surface area contributed by atoms with Gasteiger partial charge in [-0.25, -0.2) is 0 Å². The van der Waals surface area contributed by atoms with Crippen LogP contribution in [-0.4, -0.2) is 48.7 Å². The van der Waals surface area contributed by atoms with E-state index in [1.165, 1.54) is 6.92 Å². The third-order valence-electron chi connectivity index (χ3n) is 2.70. The van der Waals surface area contributed by atoms with Gasteiger partial charge in [0, 0.05) is 13.5 Å². The maximum Gasteiger partial charge on any atom is 0.217 e. The summed E-state index contributed by atoms with van der Waals surface area (Å²) < 4.78 is 0. The second-order valence-corrected chi connectivity index (χ2v) is 4.83. The Morgan fingerprint density at radius 2 is 1.94 bits per heavy atom. The van der Waals surface area contributed by atoms with E-state index < -0.39 is 6.10 Å². The van der Waals surface area contributed by atoms with Crippen molar-refractivity contribution >= 4 is 5.91 Å². The van der Waals surface area contributed by atoms with Crippen molar-refractivity contribution in [2.75, 3.05) is 20.6 Å². The van der Waals surface area contributed by atoms with Crippen LogP contribution in [0.25, 0.3) is 0 Å². The zero-order chi connectivity index (χ0) is 13.5. The first kappa shape index (κ1) is 14.7. The second kappa shape index (κ2) is 7.13. The van der Waals surface area contributed by atoms with E-state index in [2.05, 4.69) is 5.32 Å². The zero-order valence-corrected chi connectivity index (χ0v) is 11.3. The van der Waals surface area contributed by atoms with Gasteiger partial charge in [-0.2, -0.15) is 0 Å². The van der Waals surface area contributed by atoms with Crippen molar-refractivity contribution in [3.63, 3.8) is 0 Å². The summed E-state index contributed by atoms with van der Waals surface area (Å²) in [6.45, 7) is 2.00. The number of hydrogen-bond acceptors (Lipinski definition) is 3. The molecule has 0 radical (unpaired) electrons. The van der Waals surface area contributed by atoms with Gasteiger partial charge >= 0.3 is 0 Å². The van der Waals surface area contributed by atoms with Crippen molar-refractivity contribution < 1.29 is 9.90 Å². The second-order valence-electron chi connectivity index (χ2n) is 4.83. The number of carbonyl (C=O) groups excluding carboxylic acids is 1. The summed E-state index contributed by atoms with van der Waals surface area (Å²) in [6.07, 6.45) is 0.0548. The Bertz CT molecular complexity index is 365. The third-order valence-corrected chi connectivity index (χ3v) is 2.70. The highest BCUT2D eigenvalue weighted by atomic mass is 16.3. The minimum Gasteiger partial charge on any atom is -0.390 e. The lowest BCUT2D eigenvalue weighted by molar-refractivity contribution is -0.120. The van der Waals surface area contributed by atoms with E-state index in [1.54, 1.807) is 0 Å². The molecule has 0 aromatic heterocycles. The first-order valence-corrected chi connectivity index (χ1v) is 6.13. The Balaban J connectivity index is 2.69. The SMILES string of the molecule is CC(=O)N[C@H](Cc1ccccc1)[C@@H](O)CN(C)C. The molecule has 1 aromatic rings. The predicted molar refractivity (Wildman–Crippen MR) is 72.3 cm³/mol. The zero-order valence-electron chi connectivity index (χ0n) is 11.3. The van der Waals surface area contributed by atoms with Gasteiger partial charge in [-0.3, -0.25) is 4.79 Å². The van der Waals surface area contributed by atoms with Crippen LogP contribution in [0.1, 0.15) is 12.5 Å². The molecule has 4 nitrogen and oxygen atoms in total. The van der Waals surface area contributed by atoms with Crippen molar-refractivity contribution in [1.29, 1.82) is 0 Å². The summed E-state index contributed by atoms with van der Waals surface area (Å²) in [5.74, 6) is -0.117. The fraction of sp³-hybridized carbons (Fsp3) is 0.500. The number of hydrogen-bond donors (Lipinski definition) is 2. The molecule has 1 rings (SSSR count). The molecule has 0 aliphatic heterocycles. The Hall–Kier alpha value is -1.39. The fourth-order valence-electron chi connectivity index (χ4n) is 1.91. The minimum absolute atomic E-state index is 0.117. The summed E-state index contributed by atoms with van der Waals surface area (Å²) >= 11 is 0. The van der Waals surface area contributed by atoms with Crippen LogP contribution >= 0.6 is 0 Å². The maximum absolute atomic E-state index is 11.2. The van der Waals surface area contributed by atoms with Crippen LogP contribution in [0.3, 0.4) is 0 Å². The standard InChI is InChI=1S/C14H22N2O2/c1-11(17)15-13(14(18)10-16(2)3)9-12-7-5-4-6-8-12/h4-8,13-14,18H,9-10H2,1-3H3,(H,15,17)/t13-,14+/m1/s1. The van der Waals surface area contributed by atoms with Crippen molar-refractivity contribution in [3.05, 3.63) is 35.9 Å². The molecule has 1 aromatic carbocycles. The van der Waals surface area contributed by atoms with E-state index in [4.69, 9.17) is 0 Å². The molecular formula is C14H22N2O2. The molecule has 0 aliphatic carbocycles. The van der Waals surface area contributed by atoms with Crippen LogP contribution in [0.15, 0.2) is 30.3 Å². The van der Waals surface area contributed by atoms with E-state index >= 15 is 0 Å². The smallest absolute Gasteiger partial charge is 0.217 e. The molecule has 0 saturated carbocycles. The molecule has 0 saturated heterocycles. The molecule has 2 N–H and O–H groups in total. The van der Waals surface area contributed by atoms with Crippen LogP contribution in [0.2, 0.25) is 0 Å². The van der Waals surface area contributed by atoms with E-state index in [9.17, 15) is 9.90 Å². The molecule has 100 valence electrons. The van der Waals surface area contributed by atoms with Gasteiger partial charge in [0.15, 0.2) is 0 Å². The van der Waals surface area contributed by atoms with Crippen molar-refractivity contribution in [2.24, 2.45) is 0 Å². The van der Waals surface area contributed by atoms with Crippen LogP contribution in [0.4, 0.5) is 0 Å². The van der Waals surface area contributed by atoms with E-state index in [0.29, 0.717) is 13.0 Å². The summed E-state index contributed by atoms with van der Waals surface area (Å²) in [5, 5.41) is 13.0. The molecular weight excluding hydrogens is 228 g/mol. The first-order valence-electron chi connectivity index (χ1n) is 6.13. The van der Waals surface area contributed by atoms with Gasteiger partial charge in [0.1, 0.15) is 0 Å². The van der Waals surface area contributed by atoms with Crippen molar-refractivity contribution in [3.8, 4) is 0 Å². The Morgan fingerprint density at radius 1 is 1.33 bits per heavy atom. The minimum atomic E-state index is -0.580. The molecule has 1 amide bonds. The number of rotatable bonds is 6. The molecule has 0 bridgehead atoms. The molecule has 4 heteroatoms. The lowest BCUT2D eigenvalue weighted by Gasteiger charge is -2.26. The molecule has 0 heterocycles. The molecule has 0 aliphatic rings. The Morgan fingerprint density at radius 3 is 2.44 bits per heavy atom. The monoisotopic (exact) mass is 250 g/mol. The number of amides is 1. The van der Waals surface area contributed by atoms with E-state index in [0.717, 1.165) is 5.56 Å². The Labute approximate surface area is 109 Å². The van der Waals surface area contributed by atoms with Gasteiger partial charge in [0.2, 0.25) is 5.91 Å². The van der Waals surface area contributed by atoms with Gasteiger partial charge in [-0.15, -0.1) is 0 Å². The van der Waals surface area contributed by atoms with Gasteiger partial charge in [0.25, 0.3) is 0 Å². The topological polar surface area (TPSA) is 52.6 Å². The quantitative estimate of drug-likeness (QED) is 0.779. The first-order chi connectivity index (χ1) is 8.49. The number of aliphatic hydroxyl groups excluding tert-OH is 1. The largest absolute Gasteiger partial charge is 0.390 e. The fourth-order valence-corrected chi connectivity index (χ4v) is 1.91. The summed E-state index contributed by atoms with van der Waals surface area (Å²) in [6, 6.07) is 9.60. The average molecular weight is 250 g/mol. The van der Waals surface area contributed by atoms with Gasteiger partial charge < -0.3 is 15.3 Å². The van der Waals surface area contributed by atoms with E-state index in [1.807, 2.05) is 49.3 Å². The summed E-state index contributed by atoms with van der Waals surface area (Å²) in [7, 11) is 3.80. The average Bonchev–Trinajstić information content (AvgIpc) is 2.28. The van der Waals surface area contributed by atoms with Crippen LogP contribution in [0, 0.1) is 0 Å². The summed E-state index contributed by atoms with van der Waals surface area (Å²) in [5.41, 5.74) is 1.11. The van der Waals surface area contributed by atoms with Crippen molar-refractivity contribution in [2.45, 2.75) is 25.5 Å². The lowest BCUT2D eigenvalue weighted by Crippen LogP contribution is -2.47. The number of carbonyl (C=O) groups is 1.